The van der Waals surface area contributed by atoms with Crippen LogP contribution in [0.25, 0.3) is 20.8 Å². The number of aromatic nitrogens is 1. The highest BCUT2D eigenvalue weighted by Gasteiger charge is 2.09. The van der Waals surface area contributed by atoms with Crippen molar-refractivity contribution in [2.45, 2.75) is 0 Å². The third-order valence-corrected chi connectivity index (χ3v) is 4.63. The molecule has 3 aromatic rings. The van der Waals surface area contributed by atoms with Crippen molar-refractivity contribution in [2.24, 2.45) is 0 Å². The number of halogens is 2. The molecule has 1 aromatic heterocycles. The molecule has 0 amide bonds. The van der Waals surface area contributed by atoms with Crippen LogP contribution in [0.2, 0.25) is 0 Å². The molecule has 0 bridgehead atoms. The molecule has 2 aromatic carbocycles. The first kappa shape index (κ1) is 12.1. The molecule has 0 radical (unpaired) electrons. The zero-order valence-corrected chi connectivity index (χ0v) is 13.1. The zero-order valence-electron chi connectivity index (χ0n) is 9.15. The van der Waals surface area contributed by atoms with Gasteiger partial charge in [-0.25, -0.2) is 4.98 Å². The first-order valence-electron chi connectivity index (χ1n) is 5.25. The van der Waals surface area contributed by atoms with Crippen molar-refractivity contribution < 1.29 is 0 Å². The molecular weight excluding hydrogens is 376 g/mol. The van der Waals surface area contributed by atoms with E-state index < -0.39 is 0 Å². The molecule has 0 unspecified atom stereocenters. The maximum atomic E-state index is 6.03. The standard InChI is InChI=1S/C13H8Br2N2S/c14-7-1-3-9(10(16)5-7)13-17-11-4-2-8(15)6-12(11)18-13/h1-6H,16H2. The van der Waals surface area contributed by atoms with Gasteiger partial charge in [0.1, 0.15) is 5.01 Å². The minimum atomic E-state index is 0.738. The van der Waals surface area contributed by atoms with Crippen LogP contribution < -0.4 is 5.73 Å². The molecule has 0 aliphatic carbocycles. The summed E-state index contributed by atoms with van der Waals surface area (Å²) in [6.07, 6.45) is 0. The molecule has 90 valence electrons. The van der Waals surface area contributed by atoms with E-state index in [0.717, 1.165) is 35.4 Å². The Morgan fingerprint density at radius 3 is 2.50 bits per heavy atom. The van der Waals surface area contributed by atoms with Gasteiger partial charge in [0.15, 0.2) is 0 Å². The lowest BCUT2D eigenvalue weighted by atomic mass is 10.2. The Morgan fingerprint density at radius 1 is 1.00 bits per heavy atom. The van der Waals surface area contributed by atoms with Gasteiger partial charge in [-0.05, 0) is 36.4 Å². The fraction of sp³-hybridized carbons (Fsp3) is 0. The van der Waals surface area contributed by atoms with E-state index in [2.05, 4.69) is 42.9 Å². The first-order valence-corrected chi connectivity index (χ1v) is 7.65. The predicted octanol–water partition coefficient (Wildman–Crippen LogP) is 5.07. The molecule has 1 heterocycles. The van der Waals surface area contributed by atoms with Gasteiger partial charge in [-0.2, -0.15) is 0 Å². The highest BCUT2D eigenvalue weighted by Crippen LogP contribution is 2.35. The van der Waals surface area contributed by atoms with E-state index in [0.29, 0.717) is 0 Å². The summed E-state index contributed by atoms with van der Waals surface area (Å²) in [6.45, 7) is 0. The third kappa shape index (κ3) is 2.18. The lowest BCUT2D eigenvalue weighted by molar-refractivity contribution is 1.47. The molecular formula is C13H8Br2N2S. The molecule has 0 aliphatic heterocycles. The summed E-state index contributed by atoms with van der Waals surface area (Å²) in [5.41, 5.74) is 8.75. The molecule has 0 spiro atoms. The van der Waals surface area contributed by atoms with Crippen LogP contribution in [-0.4, -0.2) is 4.98 Å². The van der Waals surface area contributed by atoms with Crippen molar-refractivity contribution in [1.82, 2.24) is 4.98 Å². The average molecular weight is 384 g/mol. The predicted molar refractivity (Wildman–Crippen MR) is 84.9 cm³/mol. The maximum absolute atomic E-state index is 6.03. The molecule has 18 heavy (non-hydrogen) atoms. The number of anilines is 1. The number of nitrogens with zero attached hydrogens (tertiary/aromatic N) is 1. The minimum absolute atomic E-state index is 0.738. The van der Waals surface area contributed by atoms with Gasteiger partial charge in [0, 0.05) is 20.2 Å². The van der Waals surface area contributed by atoms with Gasteiger partial charge >= 0.3 is 0 Å². The zero-order chi connectivity index (χ0) is 12.7. The Balaban J connectivity index is 2.19. The fourth-order valence-electron chi connectivity index (χ4n) is 1.74. The summed E-state index contributed by atoms with van der Waals surface area (Å²) >= 11 is 8.53. The SMILES string of the molecule is Nc1cc(Br)ccc1-c1nc2ccc(Br)cc2s1. The molecule has 3 rings (SSSR count). The van der Waals surface area contributed by atoms with E-state index in [1.165, 1.54) is 0 Å². The first-order chi connectivity index (χ1) is 8.63. The minimum Gasteiger partial charge on any atom is -0.398 e. The highest BCUT2D eigenvalue weighted by atomic mass is 79.9. The number of nitrogen functional groups attached to an aromatic ring is 1. The molecule has 0 saturated carbocycles. The summed E-state index contributed by atoms with van der Waals surface area (Å²) < 4.78 is 3.20. The van der Waals surface area contributed by atoms with E-state index in [-0.39, 0.29) is 0 Å². The quantitative estimate of drug-likeness (QED) is 0.595. The summed E-state index contributed by atoms with van der Waals surface area (Å²) in [5, 5.41) is 0.952. The van der Waals surface area contributed by atoms with Gasteiger partial charge < -0.3 is 5.73 Å². The van der Waals surface area contributed by atoms with Crippen LogP contribution in [0.1, 0.15) is 0 Å². The van der Waals surface area contributed by atoms with Crippen molar-refractivity contribution >= 4 is 59.1 Å². The second kappa shape index (κ2) is 4.64. The summed E-state index contributed by atoms with van der Waals surface area (Å²) in [6, 6.07) is 12.0. The fourth-order valence-corrected chi connectivity index (χ4v) is 3.69. The number of fused-ring (bicyclic) bond motifs is 1. The van der Waals surface area contributed by atoms with E-state index in [1.54, 1.807) is 11.3 Å². The Labute approximate surface area is 125 Å². The van der Waals surface area contributed by atoms with Gasteiger partial charge in [-0.3, -0.25) is 0 Å². The third-order valence-electron chi connectivity index (χ3n) is 2.59. The van der Waals surface area contributed by atoms with Crippen LogP contribution in [0.3, 0.4) is 0 Å². The van der Waals surface area contributed by atoms with Crippen molar-refractivity contribution in [3.05, 3.63) is 45.3 Å². The topological polar surface area (TPSA) is 38.9 Å². The lowest BCUT2D eigenvalue weighted by Crippen LogP contribution is -1.89. The Bertz CT molecular complexity index is 737. The average Bonchev–Trinajstić information content (AvgIpc) is 2.71. The van der Waals surface area contributed by atoms with Crippen molar-refractivity contribution in [3.63, 3.8) is 0 Å². The van der Waals surface area contributed by atoms with Crippen LogP contribution in [0, 0.1) is 0 Å². The van der Waals surface area contributed by atoms with Gasteiger partial charge in [-0.1, -0.05) is 31.9 Å². The summed E-state index contributed by atoms with van der Waals surface area (Å²) in [7, 11) is 0. The van der Waals surface area contributed by atoms with Crippen molar-refractivity contribution in [1.29, 1.82) is 0 Å². The second-order valence-electron chi connectivity index (χ2n) is 3.86. The Morgan fingerprint density at radius 2 is 1.72 bits per heavy atom. The molecule has 0 aliphatic rings. The number of benzene rings is 2. The van der Waals surface area contributed by atoms with E-state index >= 15 is 0 Å². The maximum Gasteiger partial charge on any atom is 0.126 e. The largest absolute Gasteiger partial charge is 0.398 e. The number of nitrogens with two attached hydrogens (primary N) is 1. The van der Waals surface area contributed by atoms with Crippen LogP contribution in [-0.2, 0) is 0 Å². The summed E-state index contributed by atoms with van der Waals surface area (Å²) in [4.78, 5) is 4.62. The smallest absolute Gasteiger partial charge is 0.126 e. The summed E-state index contributed by atoms with van der Waals surface area (Å²) in [5.74, 6) is 0. The molecule has 0 fully saturated rings. The number of thiazole rings is 1. The van der Waals surface area contributed by atoms with Crippen LogP contribution >= 0.6 is 43.2 Å². The van der Waals surface area contributed by atoms with E-state index in [4.69, 9.17) is 5.73 Å². The van der Waals surface area contributed by atoms with Gasteiger partial charge in [0.25, 0.3) is 0 Å². The van der Waals surface area contributed by atoms with Gasteiger partial charge in [0.2, 0.25) is 0 Å². The van der Waals surface area contributed by atoms with E-state index in [9.17, 15) is 0 Å². The van der Waals surface area contributed by atoms with Crippen LogP contribution in [0.5, 0.6) is 0 Å². The highest BCUT2D eigenvalue weighted by molar-refractivity contribution is 9.10. The number of hydrogen-bond donors (Lipinski definition) is 1. The van der Waals surface area contributed by atoms with E-state index in [1.807, 2.05) is 30.3 Å². The molecule has 5 heteroatoms. The van der Waals surface area contributed by atoms with Crippen LogP contribution in [0.4, 0.5) is 5.69 Å². The lowest BCUT2D eigenvalue weighted by Gasteiger charge is -2.01. The monoisotopic (exact) mass is 382 g/mol. The molecule has 2 N–H and O–H groups in total. The molecule has 0 atom stereocenters. The van der Waals surface area contributed by atoms with Gasteiger partial charge in [0.05, 0.1) is 10.2 Å². The molecule has 2 nitrogen and oxygen atoms in total. The Hall–Kier alpha value is -0.910. The Kier molecular flexibility index (Phi) is 3.13. The second-order valence-corrected chi connectivity index (χ2v) is 6.72. The molecule has 0 saturated heterocycles. The van der Waals surface area contributed by atoms with Crippen molar-refractivity contribution in [2.75, 3.05) is 5.73 Å². The number of rotatable bonds is 1. The van der Waals surface area contributed by atoms with Crippen molar-refractivity contribution in [3.8, 4) is 10.6 Å². The van der Waals surface area contributed by atoms with Crippen LogP contribution in [0.15, 0.2) is 45.3 Å². The number of hydrogen-bond acceptors (Lipinski definition) is 3. The normalized spacial score (nSPS) is 11.0. The van der Waals surface area contributed by atoms with Gasteiger partial charge in [-0.15, -0.1) is 11.3 Å².